The predicted molar refractivity (Wildman–Crippen MR) is 101 cm³/mol. The number of rotatable bonds is 6. The Morgan fingerprint density at radius 1 is 1.23 bits per heavy atom. The monoisotopic (exact) mass is 368 g/mol. The highest BCUT2D eigenvalue weighted by molar-refractivity contribution is 6.31. The van der Waals surface area contributed by atoms with Crippen LogP contribution in [0.4, 0.5) is 5.69 Å². The number of ether oxygens (including phenoxy) is 1. The molecule has 0 atom stereocenters. The molecular formula is C20H17ClN2O3. The van der Waals surface area contributed by atoms with Crippen LogP contribution in [-0.4, -0.2) is 25.0 Å². The maximum atomic E-state index is 12.3. The molecule has 0 unspecified atom stereocenters. The summed E-state index contributed by atoms with van der Waals surface area (Å²) in [4.78, 5) is 25.3. The van der Waals surface area contributed by atoms with Gasteiger partial charge in [0.1, 0.15) is 6.54 Å². The highest BCUT2D eigenvalue weighted by atomic mass is 35.5. The third-order valence-corrected chi connectivity index (χ3v) is 3.95. The second kappa shape index (κ2) is 9.40. The van der Waals surface area contributed by atoms with Crippen molar-refractivity contribution in [2.75, 3.05) is 18.1 Å². The predicted octanol–water partition coefficient (Wildman–Crippen LogP) is 3.76. The minimum absolute atomic E-state index is 0.127. The molecule has 6 heteroatoms. The van der Waals surface area contributed by atoms with E-state index >= 15 is 0 Å². The van der Waals surface area contributed by atoms with Crippen molar-refractivity contribution >= 4 is 35.2 Å². The summed E-state index contributed by atoms with van der Waals surface area (Å²) >= 11 is 6.03. The molecule has 2 rings (SSSR count). The Bertz CT molecular complexity index is 857. The third kappa shape index (κ3) is 5.47. The molecule has 0 N–H and O–H groups in total. The summed E-state index contributed by atoms with van der Waals surface area (Å²) in [6, 6.07) is 16.1. The van der Waals surface area contributed by atoms with Crippen LogP contribution in [0.3, 0.4) is 0 Å². The number of benzene rings is 2. The van der Waals surface area contributed by atoms with Gasteiger partial charge >= 0.3 is 5.97 Å². The molecule has 0 radical (unpaired) electrons. The smallest absolute Gasteiger partial charge is 0.331 e. The van der Waals surface area contributed by atoms with Crippen molar-refractivity contribution in [2.24, 2.45) is 0 Å². The number of nitriles is 1. The van der Waals surface area contributed by atoms with Gasteiger partial charge in [-0.25, -0.2) is 4.79 Å². The van der Waals surface area contributed by atoms with Crippen molar-refractivity contribution in [3.8, 4) is 6.07 Å². The fourth-order valence-corrected chi connectivity index (χ4v) is 2.33. The molecule has 0 fully saturated rings. The van der Waals surface area contributed by atoms with Crippen molar-refractivity contribution in [3.05, 3.63) is 70.8 Å². The van der Waals surface area contributed by atoms with Crippen molar-refractivity contribution in [3.63, 3.8) is 0 Å². The van der Waals surface area contributed by atoms with E-state index < -0.39 is 18.5 Å². The number of hydrogen-bond acceptors (Lipinski definition) is 4. The topological polar surface area (TPSA) is 70.4 Å². The van der Waals surface area contributed by atoms with Gasteiger partial charge < -0.3 is 4.74 Å². The van der Waals surface area contributed by atoms with Gasteiger partial charge in [-0.15, -0.1) is 0 Å². The maximum Gasteiger partial charge on any atom is 0.331 e. The number of nitrogens with zero attached hydrogens (tertiary/aromatic N) is 2. The molecule has 2 aromatic rings. The summed E-state index contributed by atoms with van der Waals surface area (Å²) in [5.74, 6) is -1.13. The molecule has 5 nitrogen and oxygen atoms in total. The molecule has 0 saturated carbocycles. The molecule has 0 aliphatic carbocycles. The summed E-state index contributed by atoms with van der Waals surface area (Å²) in [5.41, 5.74) is 2.26. The van der Waals surface area contributed by atoms with Crippen molar-refractivity contribution < 1.29 is 14.3 Å². The lowest BCUT2D eigenvalue weighted by atomic mass is 10.1. The first-order valence-corrected chi connectivity index (χ1v) is 8.22. The fraction of sp³-hybridized carbons (Fsp3) is 0.150. The Hall–Kier alpha value is -3.10. The van der Waals surface area contributed by atoms with E-state index in [0.717, 1.165) is 11.1 Å². The Balaban J connectivity index is 1.94. The van der Waals surface area contributed by atoms with Gasteiger partial charge in [-0.05, 0) is 42.3 Å². The van der Waals surface area contributed by atoms with Crippen LogP contribution in [0, 0.1) is 18.3 Å². The van der Waals surface area contributed by atoms with E-state index in [1.54, 1.807) is 42.5 Å². The Kier molecular flexibility index (Phi) is 6.95. The standard InChI is InChI=1S/C20H17ClN2O3/c1-15-7-8-16(13-18(15)21)9-10-20(25)26-14-19(24)23(12-11-22)17-5-3-2-4-6-17/h2-10,13H,12,14H2,1H3/b10-9+. The summed E-state index contributed by atoms with van der Waals surface area (Å²) in [5, 5.41) is 9.51. The largest absolute Gasteiger partial charge is 0.452 e. The van der Waals surface area contributed by atoms with Gasteiger partial charge in [0.25, 0.3) is 5.91 Å². The summed E-state index contributed by atoms with van der Waals surface area (Å²) in [7, 11) is 0. The minimum atomic E-state index is -0.653. The van der Waals surface area contributed by atoms with Gasteiger partial charge in [0.15, 0.2) is 6.61 Å². The number of hydrogen-bond donors (Lipinski definition) is 0. The Morgan fingerprint density at radius 2 is 1.96 bits per heavy atom. The number of aryl methyl sites for hydroxylation is 1. The third-order valence-electron chi connectivity index (χ3n) is 3.54. The average Bonchev–Trinajstić information content (AvgIpc) is 2.65. The van der Waals surface area contributed by atoms with E-state index in [9.17, 15) is 9.59 Å². The highest BCUT2D eigenvalue weighted by Crippen LogP contribution is 2.17. The number of carbonyl (C=O) groups excluding carboxylic acids is 2. The highest BCUT2D eigenvalue weighted by Gasteiger charge is 2.16. The molecule has 0 aromatic heterocycles. The van der Waals surface area contributed by atoms with Crippen LogP contribution in [0.1, 0.15) is 11.1 Å². The van der Waals surface area contributed by atoms with Crippen LogP contribution in [0.25, 0.3) is 6.08 Å². The van der Waals surface area contributed by atoms with E-state index in [1.807, 2.05) is 25.1 Å². The molecule has 1 amide bonds. The molecule has 0 aliphatic heterocycles. The van der Waals surface area contributed by atoms with Gasteiger partial charge in [0, 0.05) is 16.8 Å². The molecule has 0 bridgehead atoms. The van der Waals surface area contributed by atoms with Crippen LogP contribution in [0.5, 0.6) is 0 Å². The first-order chi connectivity index (χ1) is 12.5. The van der Waals surface area contributed by atoms with E-state index in [0.29, 0.717) is 10.7 Å². The second-order valence-electron chi connectivity index (χ2n) is 5.42. The SMILES string of the molecule is Cc1ccc(/C=C/C(=O)OCC(=O)N(CC#N)c2ccccc2)cc1Cl. The van der Waals surface area contributed by atoms with Gasteiger partial charge in [-0.3, -0.25) is 9.69 Å². The molecular weight excluding hydrogens is 352 g/mol. The summed E-state index contributed by atoms with van der Waals surface area (Å²) < 4.78 is 4.97. The number of para-hydroxylation sites is 1. The van der Waals surface area contributed by atoms with Crippen LogP contribution in [-0.2, 0) is 14.3 Å². The summed E-state index contributed by atoms with van der Waals surface area (Å²) in [6.07, 6.45) is 2.79. The second-order valence-corrected chi connectivity index (χ2v) is 5.83. The zero-order valence-corrected chi connectivity index (χ0v) is 14.9. The lowest BCUT2D eigenvalue weighted by molar-refractivity contribution is -0.142. The molecule has 132 valence electrons. The number of halogens is 1. The van der Waals surface area contributed by atoms with Gasteiger partial charge in [-0.2, -0.15) is 5.26 Å². The van der Waals surface area contributed by atoms with Crippen molar-refractivity contribution in [1.29, 1.82) is 5.26 Å². The van der Waals surface area contributed by atoms with Crippen molar-refractivity contribution in [2.45, 2.75) is 6.92 Å². The van der Waals surface area contributed by atoms with E-state index in [2.05, 4.69) is 0 Å². The zero-order valence-electron chi connectivity index (χ0n) is 14.2. The van der Waals surface area contributed by atoms with E-state index in [1.165, 1.54) is 11.0 Å². The molecule has 0 heterocycles. The summed E-state index contributed by atoms with van der Waals surface area (Å²) in [6.45, 7) is 1.31. The molecule has 26 heavy (non-hydrogen) atoms. The molecule has 0 saturated heterocycles. The van der Waals surface area contributed by atoms with E-state index in [-0.39, 0.29) is 6.54 Å². The lowest BCUT2D eigenvalue weighted by Gasteiger charge is -2.19. The van der Waals surface area contributed by atoms with Crippen LogP contribution in [0.15, 0.2) is 54.6 Å². The number of esters is 1. The average molecular weight is 369 g/mol. The Morgan fingerprint density at radius 3 is 2.62 bits per heavy atom. The fourth-order valence-electron chi connectivity index (χ4n) is 2.14. The van der Waals surface area contributed by atoms with Gasteiger partial charge in [0.2, 0.25) is 0 Å². The normalized spacial score (nSPS) is 10.3. The minimum Gasteiger partial charge on any atom is -0.452 e. The van der Waals surface area contributed by atoms with Gasteiger partial charge in [-0.1, -0.05) is 41.9 Å². The van der Waals surface area contributed by atoms with Gasteiger partial charge in [0.05, 0.1) is 6.07 Å². The number of anilines is 1. The van der Waals surface area contributed by atoms with E-state index in [4.69, 9.17) is 21.6 Å². The first-order valence-electron chi connectivity index (χ1n) is 7.84. The Labute approximate surface area is 157 Å². The maximum absolute atomic E-state index is 12.3. The molecule has 2 aromatic carbocycles. The molecule has 0 spiro atoms. The van der Waals surface area contributed by atoms with Crippen LogP contribution in [0.2, 0.25) is 5.02 Å². The zero-order chi connectivity index (χ0) is 18.9. The van der Waals surface area contributed by atoms with Crippen LogP contribution >= 0.6 is 11.6 Å². The van der Waals surface area contributed by atoms with Crippen molar-refractivity contribution in [1.82, 2.24) is 0 Å². The number of carbonyl (C=O) groups is 2. The first kappa shape index (κ1) is 19.2. The number of amides is 1. The quantitative estimate of drug-likeness (QED) is 0.442. The molecule has 0 aliphatic rings. The lowest BCUT2D eigenvalue weighted by Crippen LogP contribution is -2.34. The van der Waals surface area contributed by atoms with Crippen LogP contribution < -0.4 is 4.90 Å².